The molecule has 1 unspecified atom stereocenters. The molecule has 4 heteroatoms. The molecule has 0 bridgehead atoms. The van der Waals surface area contributed by atoms with Gasteiger partial charge in [0.15, 0.2) is 0 Å². The molecule has 0 amide bonds. The molecule has 0 saturated carbocycles. The Morgan fingerprint density at radius 1 is 1.33 bits per heavy atom. The molecule has 0 aromatic heterocycles. The molecule has 0 saturated heterocycles. The standard InChI is InChI=1S/C8H8NO2P/c10-9(11)8-3-1-7(2-4-8)5-6-12/h1-6H,12H2/b6-5+. The Hall–Kier alpha value is -1.21. The van der Waals surface area contributed by atoms with Gasteiger partial charge in [-0.3, -0.25) is 10.1 Å². The normalized spacial score (nSPS) is 10.4. The van der Waals surface area contributed by atoms with E-state index in [1.165, 1.54) is 12.1 Å². The van der Waals surface area contributed by atoms with Crippen LogP contribution in [0.1, 0.15) is 5.56 Å². The molecule has 0 heterocycles. The minimum atomic E-state index is -0.409. The highest BCUT2D eigenvalue weighted by Gasteiger charge is 2.01. The summed E-state index contributed by atoms with van der Waals surface area (Å²) < 4.78 is 0. The summed E-state index contributed by atoms with van der Waals surface area (Å²) in [4.78, 5) is 9.84. The predicted molar refractivity (Wildman–Crippen MR) is 51.8 cm³/mol. The first kappa shape index (κ1) is 8.88. The molecule has 0 aliphatic carbocycles. The van der Waals surface area contributed by atoms with E-state index in [0.29, 0.717) is 0 Å². The first-order valence-corrected chi connectivity index (χ1v) is 4.03. The molecule has 1 rings (SSSR count). The SMILES string of the molecule is O=[N+]([O-])c1ccc(/C=C/P)cc1. The van der Waals surface area contributed by atoms with Crippen LogP contribution in [0.15, 0.2) is 30.1 Å². The molecule has 0 radical (unpaired) electrons. The van der Waals surface area contributed by atoms with E-state index in [2.05, 4.69) is 9.24 Å². The lowest BCUT2D eigenvalue weighted by Gasteiger charge is -1.91. The van der Waals surface area contributed by atoms with Crippen molar-refractivity contribution < 1.29 is 4.92 Å². The molecule has 1 aromatic carbocycles. The second-order valence-electron chi connectivity index (χ2n) is 2.21. The Morgan fingerprint density at radius 3 is 2.33 bits per heavy atom. The molecule has 62 valence electrons. The van der Waals surface area contributed by atoms with Crippen LogP contribution in [0.4, 0.5) is 5.69 Å². The third kappa shape index (κ3) is 2.14. The minimum Gasteiger partial charge on any atom is -0.258 e. The lowest BCUT2D eigenvalue weighted by Crippen LogP contribution is -1.86. The Balaban J connectivity index is 2.93. The van der Waals surface area contributed by atoms with E-state index in [1.807, 2.05) is 6.08 Å². The number of benzene rings is 1. The molecular weight excluding hydrogens is 173 g/mol. The van der Waals surface area contributed by atoms with E-state index in [0.717, 1.165) is 5.56 Å². The van der Waals surface area contributed by atoms with Crippen LogP contribution in [-0.4, -0.2) is 4.92 Å². The molecule has 1 atom stereocenters. The van der Waals surface area contributed by atoms with Gasteiger partial charge in [0.1, 0.15) is 0 Å². The van der Waals surface area contributed by atoms with Crippen molar-refractivity contribution in [3.8, 4) is 0 Å². The van der Waals surface area contributed by atoms with E-state index in [1.54, 1.807) is 17.9 Å². The Labute approximate surface area is 72.5 Å². The van der Waals surface area contributed by atoms with Crippen LogP contribution in [0.25, 0.3) is 6.08 Å². The quantitative estimate of drug-likeness (QED) is 0.399. The third-order valence-electron chi connectivity index (χ3n) is 1.39. The van der Waals surface area contributed by atoms with Crippen molar-refractivity contribution in [2.75, 3.05) is 0 Å². The summed E-state index contributed by atoms with van der Waals surface area (Å²) in [6.45, 7) is 0. The van der Waals surface area contributed by atoms with Gasteiger partial charge >= 0.3 is 0 Å². The van der Waals surface area contributed by atoms with Crippen LogP contribution in [-0.2, 0) is 0 Å². The Bertz CT molecular complexity index is 305. The summed E-state index contributed by atoms with van der Waals surface area (Å²) in [5.74, 6) is 1.81. The van der Waals surface area contributed by atoms with Crippen molar-refractivity contribution in [3.05, 3.63) is 45.8 Å². The highest BCUT2D eigenvalue weighted by Crippen LogP contribution is 2.12. The summed E-state index contributed by atoms with van der Waals surface area (Å²) in [6, 6.07) is 6.39. The number of hydrogen-bond donors (Lipinski definition) is 0. The fourth-order valence-electron chi connectivity index (χ4n) is 0.818. The summed E-state index contributed by atoms with van der Waals surface area (Å²) >= 11 is 0. The summed E-state index contributed by atoms with van der Waals surface area (Å²) in [5.41, 5.74) is 1.08. The zero-order chi connectivity index (χ0) is 8.97. The second kappa shape index (κ2) is 3.98. The van der Waals surface area contributed by atoms with E-state index >= 15 is 0 Å². The van der Waals surface area contributed by atoms with Crippen LogP contribution in [0.5, 0.6) is 0 Å². The molecule has 0 N–H and O–H groups in total. The highest BCUT2D eigenvalue weighted by molar-refractivity contribution is 7.21. The van der Waals surface area contributed by atoms with Crippen molar-refractivity contribution in [1.29, 1.82) is 0 Å². The zero-order valence-corrected chi connectivity index (χ0v) is 7.46. The molecule has 0 spiro atoms. The summed E-state index contributed by atoms with van der Waals surface area (Å²) in [5, 5.41) is 10.3. The smallest absolute Gasteiger partial charge is 0.258 e. The van der Waals surface area contributed by atoms with Gasteiger partial charge in [-0.25, -0.2) is 0 Å². The van der Waals surface area contributed by atoms with Crippen LogP contribution >= 0.6 is 9.24 Å². The molecule has 0 aliphatic heterocycles. The molecular formula is C8H8NO2P. The van der Waals surface area contributed by atoms with E-state index in [4.69, 9.17) is 0 Å². The van der Waals surface area contributed by atoms with Gasteiger partial charge in [-0.1, -0.05) is 11.9 Å². The number of nitrogens with zero attached hydrogens (tertiary/aromatic N) is 1. The van der Waals surface area contributed by atoms with Crippen LogP contribution < -0.4 is 0 Å². The van der Waals surface area contributed by atoms with Crippen molar-refractivity contribution in [2.45, 2.75) is 0 Å². The van der Waals surface area contributed by atoms with Gasteiger partial charge < -0.3 is 0 Å². The average molecular weight is 181 g/mol. The molecule has 1 aromatic rings. The van der Waals surface area contributed by atoms with Crippen LogP contribution in [0, 0.1) is 10.1 Å². The molecule has 12 heavy (non-hydrogen) atoms. The first-order valence-electron chi connectivity index (χ1n) is 3.37. The Morgan fingerprint density at radius 2 is 1.92 bits per heavy atom. The fourth-order valence-corrected chi connectivity index (χ4v) is 1.04. The monoisotopic (exact) mass is 181 g/mol. The summed E-state index contributed by atoms with van der Waals surface area (Å²) in [7, 11) is 2.44. The van der Waals surface area contributed by atoms with Gasteiger partial charge in [0.25, 0.3) is 5.69 Å². The van der Waals surface area contributed by atoms with E-state index < -0.39 is 4.92 Å². The average Bonchev–Trinajstić information content (AvgIpc) is 2.06. The maximum absolute atomic E-state index is 10.3. The number of rotatable bonds is 2. The van der Waals surface area contributed by atoms with Gasteiger partial charge in [-0.2, -0.15) is 0 Å². The predicted octanol–water partition coefficient (Wildman–Crippen LogP) is 2.44. The number of nitro groups is 1. The first-order chi connectivity index (χ1) is 5.74. The fraction of sp³-hybridized carbons (Fsp3) is 0. The zero-order valence-electron chi connectivity index (χ0n) is 6.31. The van der Waals surface area contributed by atoms with Crippen molar-refractivity contribution in [3.63, 3.8) is 0 Å². The maximum Gasteiger partial charge on any atom is 0.269 e. The van der Waals surface area contributed by atoms with Gasteiger partial charge in [0.05, 0.1) is 4.92 Å². The Kier molecular flexibility index (Phi) is 2.94. The van der Waals surface area contributed by atoms with E-state index in [-0.39, 0.29) is 5.69 Å². The number of hydrogen-bond acceptors (Lipinski definition) is 2. The maximum atomic E-state index is 10.3. The lowest BCUT2D eigenvalue weighted by molar-refractivity contribution is -0.384. The van der Waals surface area contributed by atoms with E-state index in [9.17, 15) is 10.1 Å². The lowest BCUT2D eigenvalue weighted by atomic mass is 10.2. The van der Waals surface area contributed by atoms with Crippen molar-refractivity contribution in [2.24, 2.45) is 0 Å². The van der Waals surface area contributed by atoms with Gasteiger partial charge in [-0.05, 0) is 17.7 Å². The topological polar surface area (TPSA) is 43.1 Å². The molecule has 0 aliphatic rings. The second-order valence-corrected chi connectivity index (χ2v) is 2.59. The number of non-ortho nitro benzene ring substituents is 1. The van der Waals surface area contributed by atoms with Gasteiger partial charge in [0.2, 0.25) is 0 Å². The number of nitro benzene ring substituents is 1. The third-order valence-corrected chi connectivity index (χ3v) is 1.59. The largest absolute Gasteiger partial charge is 0.269 e. The van der Waals surface area contributed by atoms with Crippen LogP contribution in [0.2, 0.25) is 0 Å². The minimum absolute atomic E-state index is 0.121. The summed E-state index contributed by atoms with van der Waals surface area (Å²) in [6.07, 6.45) is 1.86. The van der Waals surface area contributed by atoms with Gasteiger partial charge in [0, 0.05) is 12.1 Å². The van der Waals surface area contributed by atoms with Gasteiger partial charge in [-0.15, -0.1) is 9.24 Å². The van der Waals surface area contributed by atoms with Crippen LogP contribution in [0.3, 0.4) is 0 Å². The van der Waals surface area contributed by atoms with Crippen molar-refractivity contribution >= 4 is 21.0 Å². The molecule has 3 nitrogen and oxygen atoms in total. The molecule has 0 fully saturated rings. The van der Waals surface area contributed by atoms with Crippen molar-refractivity contribution in [1.82, 2.24) is 0 Å². The highest BCUT2D eigenvalue weighted by atomic mass is 31.0.